The van der Waals surface area contributed by atoms with E-state index in [-0.39, 0.29) is 12.3 Å². The highest BCUT2D eigenvalue weighted by Crippen LogP contribution is 2.27. The van der Waals surface area contributed by atoms with Crippen LogP contribution in [0.1, 0.15) is 24.8 Å². The number of hydrogen-bond donors (Lipinski definition) is 1. The summed E-state index contributed by atoms with van der Waals surface area (Å²) in [6.07, 6.45) is 0.122. The smallest absolute Gasteiger partial charge is 0.303 e. The predicted octanol–water partition coefficient (Wildman–Crippen LogP) is 3.66. The van der Waals surface area contributed by atoms with Crippen LogP contribution >= 0.6 is 11.6 Å². The van der Waals surface area contributed by atoms with Crippen LogP contribution in [0.3, 0.4) is 0 Å². The third-order valence-electron chi connectivity index (χ3n) is 2.56. The molecule has 1 atom stereocenters. The molecule has 0 aliphatic carbocycles. The molecule has 2 aromatic rings. The second kappa shape index (κ2) is 4.18. The average Bonchev–Trinajstić information content (AvgIpc) is 2.55. The summed E-state index contributed by atoms with van der Waals surface area (Å²) in [7, 11) is 0. The quantitative estimate of drug-likeness (QED) is 0.888. The van der Waals surface area contributed by atoms with Gasteiger partial charge in [0.15, 0.2) is 5.22 Å². The molecule has 1 unspecified atom stereocenters. The number of aliphatic carboxylic acids is 1. The van der Waals surface area contributed by atoms with E-state index in [1.54, 1.807) is 6.07 Å². The Morgan fingerprint density at radius 3 is 2.94 bits per heavy atom. The third kappa shape index (κ3) is 2.19. The lowest BCUT2D eigenvalue weighted by Crippen LogP contribution is -2.02. The zero-order valence-electron chi connectivity index (χ0n) is 8.74. The van der Waals surface area contributed by atoms with Crippen LogP contribution in [0.25, 0.3) is 11.0 Å². The molecule has 3 nitrogen and oxygen atoms in total. The number of benzene rings is 1. The van der Waals surface area contributed by atoms with Gasteiger partial charge in [-0.1, -0.05) is 13.0 Å². The highest BCUT2D eigenvalue weighted by Gasteiger charge is 2.11. The summed E-state index contributed by atoms with van der Waals surface area (Å²) in [6, 6.07) is 7.33. The first-order valence-corrected chi connectivity index (χ1v) is 5.35. The van der Waals surface area contributed by atoms with Crippen LogP contribution in [0.5, 0.6) is 0 Å². The van der Waals surface area contributed by atoms with Crippen molar-refractivity contribution in [2.75, 3.05) is 0 Å². The normalized spacial score (nSPS) is 12.9. The molecule has 16 heavy (non-hydrogen) atoms. The summed E-state index contributed by atoms with van der Waals surface area (Å²) in [6.45, 7) is 1.89. The van der Waals surface area contributed by atoms with E-state index in [9.17, 15) is 4.79 Å². The van der Waals surface area contributed by atoms with Gasteiger partial charge in [-0.15, -0.1) is 0 Å². The molecule has 0 saturated carbocycles. The molecular formula is C12H11ClO3. The topological polar surface area (TPSA) is 50.4 Å². The third-order valence-corrected chi connectivity index (χ3v) is 2.75. The first-order chi connectivity index (χ1) is 7.56. The van der Waals surface area contributed by atoms with Crippen molar-refractivity contribution in [1.82, 2.24) is 0 Å². The van der Waals surface area contributed by atoms with Crippen LogP contribution < -0.4 is 0 Å². The molecule has 0 aliphatic heterocycles. The van der Waals surface area contributed by atoms with Crippen LogP contribution in [0.15, 0.2) is 28.7 Å². The molecule has 0 spiro atoms. The Balaban J connectivity index is 2.34. The first-order valence-electron chi connectivity index (χ1n) is 4.97. The Hall–Kier alpha value is -1.48. The van der Waals surface area contributed by atoms with Crippen molar-refractivity contribution in [3.63, 3.8) is 0 Å². The summed E-state index contributed by atoms with van der Waals surface area (Å²) in [5.41, 5.74) is 1.70. The average molecular weight is 239 g/mol. The largest absolute Gasteiger partial charge is 0.481 e. The van der Waals surface area contributed by atoms with Crippen molar-refractivity contribution >= 4 is 28.5 Å². The Morgan fingerprint density at radius 2 is 2.25 bits per heavy atom. The van der Waals surface area contributed by atoms with Gasteiger partial charge in [-0.3, -0.25) is 4.79 Å². The number of fused-ring (bicyclic) bond motifs is 1. The highest BCUT2D eigenvalue weighted by atomic mass is 35.5. The fourth-order valence-electron chi connectivity index (χ4n) is 1.72. The Labute approximate surface area is 97.6 Å². The van der Waals surface area contributed by atoms with Crippen LogP contribution in [-0.4, -0.2) is 11.1 Å². The Bertz CT molecular complexity index is 530. The zero-order chi connectivity index (χ0) is 11.7. The minimum atomic E-state index is -0.794. The molecule has 1 N–H and O–H groups in total. The van der Waals surface area contributed by atoms with Crippen molar-refractivity contribution in [3.8, 4) is 0 Å². The van der Waals surface area contributed by atoms with E-state index in [1.807, 2.05) is 25.1 Å². The SMILES string of the molecule is CC(CC(=O)O)c1ccc2oc(Cl)cc2c1. The first kappa shape index (κ1) is 11.0. The van der Waals surface area contributed by atoms with Gasteiger partial charge in [-0.25, -0.2) is 0 Å². The maximum atomic E-state index is 10.6. The van der Waals surface area contributed by atoms with E-state index in [2.05, 4.69) is 0 Å². The van der Waals surface area contributed by atoms with Crippen LogP contribution in [-0.2, 0) is 4.79 Å². The predicted molar refractivity (Wildman–Crippen MR) is 61.9 cm³/mol. The molecule has 0 radical (unpaired) electrons. The highest BCUT2D eigenvalue weighted by molar-refractivity contribution is 6.29. The fraction of sp³-hybridized carbons (Fsp3) is 0.250. The summed E-state index contributed by atoms with van der Waals surface area (Å²) in [5.74, 6) is -0.812. The van der Waals surface area contributed by atoms with Gasteiger partial charge in [0.25, 0.3) is 0 Å². The van der Waals surface area contributed by atoms with Crippen LogP contribution in [0, 0.1) is 0 Å². The van der Waals surface area contributed by atoms with Gasteiger partial charge in [0, 0.05) is 11.5 Å². The zero-order valence-corrected chi connectivity index (χ0v) is 9.49. The standard InChI is InChI=1S/C12H11ClO3/c1-7(4-12(14)15)8-2-3-10-9(5-8)6-11(13)16-10/h2-3,5-7H,4H2,1H3,(H,14,15). The number of carbonyl (C=O) groups is 1. The van der Waals surface area contributed by atoms with E-state index in [1.165, 1.54) is 0 Å². The number of carboxylic acids is 1. The fourth-order valence-corrected chi connectivity index (χ4v) is 1.92. The van der Waals surface area contributed by atoms with Gasteiger partial charge in [0.1, 0.15) is 5.58 Å². The molecule has 0 saturated heterocycles. The van der Waals surface area contributed by atoms with E-state index in [4.69, 9.17) is 21.1 Å². The van der Waals surface area contributed by atoms with Gasteiger partial charge >= 0.3 is 5.97 Å². The van der Waals surface area contributed by atoms with Crippen LogP contribution in [0.2, 0.25) is 5.22 Å². The maximum Gasteiger partial charge on any atom is 0.303 e. The van der Waals surface area contributed by atoms with Crippen molar-refractivity contribution in [2.24, 2.45) is 0 Å². The van der Waals surface area contributed by atoms with Crippen molar-refractivity contribution in [1.29, 1.82) is 0 Å². The van der Waals surface area contributed by atoms with Gasteiger partial charge in [-0.2, -0.15) is 0 Å². The summed E-state index contributed by atoms with van der Waals surface area (Å²) >= 11 is 5.74. The van der Waals surface area contributed by atoms with E-state index in [0.717, 1.165) is 16.5 Å². The minimum absolute atomic E-state index is 0.0180. The molecule has 0 fully saturated rings. The molecule has 0 amide bonds. The second-order valence-corrected chi connectivity index (χ2v) is 4.22. The monoisotopic (exact) mass is 238 g/mol. The summed E-state index contributed by atoms with van der Waals surface area (Å²) in [5, 5.41) is 9.97. The van der Waals surface area contributed by atoms with Gasteiger partial charge < -0.3 is 9.52 Å². The molecule has 0 bridgehead atoms. The summed E-state index contributed by atoms with van der Waals surface area (Å²) < 4.78 is 5.23. The molecule has 0 aliphatic rings. The maximum absolute atomic E-state index is 10.6. The van der Waals surface area contributed by atoms with Gasteiger partial charge in [0.05, 0.1) is 6.42 Å². The van der Waals surface area contributed by atoms with Gasteiger partial charge in [-0.05, 0) is 35.2 Å². The lowest BCUT2D eigenvalue weighted by molar-refractivity contribution is -0.137. The lowest BCUT2D eigenvalue weighted by Gasteiger charge is -2.08. The second-order valence-electron chi connectivity index (χ2n) is 3.85. The Kier molecular flexibility index (Phi) is 2.88. The molecule has 2 rings (SSSR count). The molecular weight excluding hydrogens is 228 g/mol. The van der Waals surface area contributed by atoms with E-state index < -0.39 is 5.97 Å². The number of hydrogen-bond acceptors (Lipinski definition) is 2. The Morgan fingerprint density at radius 1 is 1.50 bits per heavy atom. The number of rotatable bonds is 3. The number of carboxylic acid groups (broad SMARTS) is 1. The molecule has 4 heteroatoms. The van der Waals surface area contributed by atoms with Crippen molar-refractivity contribution < 1.29 is 14.3 Å². The van der Waals surface area contributed by atoms with E-state index in [0.29, 0.717) is 5.22 Å². The van der Waals surface area contributed by atoms with Crippen molar-refractivity contribution in [3.05, 3.63) is 35.0 Å². The molecule has 1 aromatic heterocycles. The lowest BCUT2D eigenvalue weighted by atomic mass is 9.97. The number of halogens is 1. The van der Waals surface area contributed by atoms with Crippen molar-refractivity contribution in [2.45, 2.75) is 19.3 Å². The number of furan rings is 1. The van der Waals surface area contributed by atoms with E-state index >= 15 is 0 Å². The molecule has 1 aromatic carbocycles. The minimum Gasteiger partial charge on any atom is -0.481 e. The summed E-state index contributed by atoms with van der Waals surface area (Å²) in [4.78, 5) is 10.6. The molecule has 84 valence electrons. The van der Waals surface area contributed by atoms with Crippen LogP contribution in [0.4, 0.5) is 0 Å². The van der Waals surface area contributed by atoms with Gasteiger partial charge in [0.2, 0.25) is 0 Å². The molecule has 1 heterocycles.